The van der Waals surface area contributed by atoms with Crippen LogP contribution in [0.3, 0.4) is 0 Å². The zero-order chi connectivity index (χ0) is 15.5. The van der Waals surface area contributed by atoms with Crippen molar-refractivity contribution < 1.29 is 0 Å². The topological polar surface area (TPSA) is 46.0 Å². The number of nitrogens with one attached hydrogen (secondary N) is 1. The Kier molecular flexibility index (Phi) is 3.94. The molecule has 0 radical (unpaired) electrons. The molecule has 4 rings (SSSR count). The minimum atomic E-state index is 0.694. The monoisotopic (exact) mass is 307 g/mol. The standard InChI is InChI=1S/C18H21N5/c1-2-6-16-15(5-1)8-13-23(16)17-7-9-19-18(21-17)20-10-14-22-11-3-4-12-22/h1-2,5-9,13H,3-4,10-12,14H2,(H,19,20,21). The van der Waals surface area contributed by atoms with Crippen molar-refractivity contribution in [2.45, 2.75) is 12.8 Å². The van der Waals surface area contributed by atoms with Gasteiger partial charge in [0.25, 0.3) is 0 Å². The van der Waals surface area contributed by atoms with Gasteiger partial charge in [0.1, 0.15) is 5.82 Å². The normalized spacial score (nSPS) is 15.3. The number of rotatable bonds is 5. The highest BCUT2D eigenvalue weighted by Gasteiger charge is 2.11. The number of para-hydroxylation sites is 1. The molecular formula is C18H21N5. The Morgan fingerprint density at radius 2 is 1.91 bits per heavy atom. The summed E-state index contributed by atoms with van der Waals surface area (Å²) >= 11 is 0. The Hall–Kier alpha value is -2.40. The third-order valence-corrected chi connectivity index (χ3v) is 4.40. The van der Waals surface area contributed by atoms with Crippen LogP contribution in [0, 0.1) is 0 Å². The zero-order valence-electron chi connectivity index (χ0n) is 13.2. The van der Waals surface area contributed by atoms with Crippen molar-refractivity contribution in [3.8, 4) is 5.82 Å². The number of benzene rings is 1. The van der Waals surface area contributed by atoms with Crippen LogP contribution < -0.4 is 5.32 Å². The molecule has 1 aliphatic heterocycles. The third kappa shape index (κ3) is 3.05. The van der Waals surface area contributed by atoms with Gasteiger partial charge in [0.15, 0.2) is 0 Å². The van der Waals surface area contributed by atoms with Gasteiger partial charge in [0.05, 0.1) is 5.52 Å². The lowest BCUT2D eigenvalue weighted by Crippen LogP contribution is -2.26. The molecule has 23 heavy (non-hydrogen) atoms. The SMILES string of the molecule is c1ccc2c(c1)ccn2-c1ccnc(NCCN2CCCC2)n1. The number of likely N-dealkylation sites (tertiary alicyclic amines) is 1. The summed E-state index contributed by atoms with van der Waals surface area (Å²) in [6, 6.07) is 12.4. The molecule has 1 saturated heterocycles. The Morgan fingerprint density at radius 1 is 1.04 bits per heavy atom. The highest BCUT2D eigenvalue weighted by molar-refractivity contribution is 5.81. The summed E-state index contributed by atoms with van der Waals surface area (Å²) in [5, 5.41) is 4.56. The average molecular weight is 307 g/mol. The maximum absolute atomic E-state index is 4.65. The maximum atomic E-state index is 4.65. The van der Waals surface area contributed by atoms with Gasteiger partial charge in [-0.3, -0.25) is 0 Å². The number of hydrogen-bond acceptors (Lipinski definition) is 4. The van der Waals surface area contributed by atoms with Crippen LogP contribution >= 0.6 is 0 Å². The van der Waals surface area contributed by atoms with Gasteiger partial charge in [-0.1, -0.05) is 18.2 Å². The number of fused-ring (bicyclic) bond motifs is 1. The minimum Gasteiger partial charge on any atom is -0.353 e. The lowest BCUT2D eigenvalue weighted by Gasteiger charge is -2.14. The van der Waals surface area contributed by atoms with Crippen molar-refractivity contribution in [3.63, 3.8) is 0 Å². The molecular weight excluding hydrogens is 286 g/mol. The van der Waals surface area contributed by atoms with Gasteiger partial charge in [-0.15, -0.1) is 0 Å². The Labute approximate surface area is 136 Å². The van der Waals surface area contributed by atoms with Crippen molar-refractivity contribution in [2.75, 3.05) is 31.5 Å². The van der Waals surface area contributed by atoms with Crippen LogP contribution in [-0.4, -0.2) is 45.6 Å². The van der Waals surface area contributed by atoms with Gasteiger partial charge in [0, 0.05) is 25.5 Å². The van der Waals surface area contributed by atoms with Crippen LogP contribution in [0.2, 0.25) is 0 Å². The summed E-state index contributed by atoms with van der Waals surface area (Å²) in [6.45, 7) is 4.38. The number of nitrogens with zero attached hydrogens (tertiary/aromatic N) is 4. The molecule has 1 N–H and O–H groups in total. The highest BCUT2D eigenvalue weighted by atomic mass is 15.2. The summed E-state index contributed by atoms with van der Waals surface area (Å²) < 4.78 is 2.10. The van der Waals surface area contributed by atoms with E-state index >= 15 is 0 Å². The van der Waals surface area contributed by atoms with Crippen molar-refractivity contribution >= 4 is 16.9 Å². The molecule has 1 fully saturated rings. The summed E-state index contributed by atoms with van der Waals surface area (Å²) in [5.41, 5.74) is 1.16. The van der Waals surface area contributed by atoms with Crippen molar-refractivity contribution in [1.82, 2.24) is 19.4 Å². The van der Waals surface area contributed by atoms with Crippen LogP contribution in [0.15, 0.2) is 48.8 Å². The quantitative estimate of drug-likeness (QED) is 0.787. The fourth-order valence-electron chi connectivity index (χ4n) is 3.18. The lowest BCUT2D eigenvalue weighted by atomic mass is 10.2. The van der Waals surface area contributed by atoms with E-state index in [1.807, 2.05) is 12.3 Å². The molecule has 3 heterocycles. The number of anilines is 1. The largest absolute Gasteiger partial charge is 0.353 e. The predicted octanol–water partition coefficient (Wildman–Crippen LogP) is 2.93. The fraction of sp³-hybridized carbons (Fsp3) is 0.333. The Bertz CT molecular complexity index is 789. The summed E-state index contributed by atoms with van der Waals surface area (Å²) in [4.78, 5) is 11.5. The first-order valence-electron chi connectivity index (χ1n) is 8.26. The minimum absolute atomic E-state index is 0.694. The molecule has 1 aromatic carbocycles. The molecule has 0 atom stereocenters. The predicted molar refractivity (Wildman–Crippen MR) is 93.0 cm³/mol. The second kappa shape index (κ2) is 6.38. The van der Waals surface area contributed by atoms with Gasteiger partial charge in [0.2, 0.25) is 5.95 Å². The smallest absolute Gasteiger partial charge is 0.224 e. The summed E-state index contributed by atoms with van der Waals surface area (Å²) in [6.07, 6.45) is 6.52. The summed E-state index contributed by atoms with van der Waals surface area (Å²) in [7, 11) is 0. The third-order valence-electron chi connectivity index (χ3n) is 4.40. The van der Waals surface area contributed by atoms with Crippen molar-refractivity contribution in [1.29, 1.82) is 0 Å². The maximum Gasteiger partial charge on any atom is 0.224 e. The molecule has 0 spiro atoms. The van der Waals surface area contributed by atoms with Crippen molar-refractivity contribution in [3.05, 3.63) is 48.8 Å². The first-order chi connectivity index (χ1) is 11.4. The van der Waals surface area contributed by atoms with Crippen LogP contribution in [0.1, 0.15) is 12.8 Å². The van der Waals surface area contributed by atoms with E-state index in [-0.39, 0.29) is 0 Å². The molecule has 5 heteroatoms. The number of hydrogen-bond donors (Lipinski definition) is 1. The van der Waals surface area contributed by atoms with Gasteiger partial charge in [-0.2, -0.15) is 4.98 Å². The van der Waals surface area contributed by atoms with Crippen molar-refractivity contribution in [2.24, 2.45) is 0 Å². The van der Waals surface area contributed by atoms with E-state index in [2.05, 4.69) is 61.3 Å². The molecule has 0 bridgehead atoms. The van der Waals surface area contributed by atoms with Crippen LogP contribution in [0.5, 0.6) is 0 Å². The summed E-state index contributed by atoms with van der Waals surface area (Å²) in [5.74, 6) is 1.59. The lowest BCUT2D eigenvalue weighted by molar-refractivity contribution is 0.352. The van der Waals surface area contributed by atoms with Crippen LogP contribution in [0.4, 0.5) is 5.95 Å². The molecule has 5 nitrogen and oxygen atoms in total. The van der Waals surface area contributed by atoms with E-state index in [0.29, 0.717) is 5.95 Å². The molecule has 0 aliphatic carbocycles. The molecule has 3 aromatic rings. The highest BCUT2D eigenvalue weighted by Crippen LogP contribution is 2.19. The molecule has 0 amide bonds. The fourth-order valence-corrected chi connectivity index (χ4v) is 3.18. The van der Waals surface area contributed by atoms with E-state index in [1.165, 1.54) is 31.3 Å². The molecule has 118 valence electrons. The van der Waals surface area contributed by atoms with Gasteiger partial charge < -0.3 is 14.8 Å². The average Bonchev–Trinajstić information content (AvgIpc) is 3.24. The first kappa shape index (κ1) is 14.2. The molecule has 0 saturated carbocycles. The number of aromatic nitrogens is 3. The van der Waals surface area contributed by atoms with Gasteiger partial charge in [-0.05, 0) is 49.5 Å². The Balaban J connectivity index is 1.49. The van der Waals surface area contributed by atoms with E-state index in [9.17, 15) is 0 Å². The zero-order valence-corrected chi connectivity index (χ0v) is 13.2. The van der Waals surface area contributed by atoms with E-state index < -0.39 is 0 Å². The molecule has 2 aromatic heterocycles. The first-order valence-corrected chi connectivity index (χ1v) is 8.26. The van der Waals surface area contributed by atoms with Gasteiger partial charge in [-0.25, -0.2) is 4.98 Å². The van der Waals surface area contributed by atoms with E-state index in [1.54, 1.807) is 0 Å². The molecule has 1 aliphatic rings. The molecule has 0 unspecified atom stereocenters. The van der Waals surface area contributed by atoms with Gasteiger partial charge >= 0.3 is 0 Å². The second-order valence-corrected chi connectivity index (χ2v) is 5.96. The van der Waals surface area contributed by atoms with Crippen LogP contribution in [-0.2, 0) is 0 Å². The van der Waals surface area contributed by atoms with E-state index in [4.69, 9.17) is 0 Å². The van der Waals surface area contributed by atoms with Crippen LogP contribution in [0.25, 0.3) is 16.7 Å². The Morgan fingerprint density at radius 3 is 2.83 bits per heavy atom. The van der Waals surface area contributed by atoms with E-state index in [0.717, 1.165) is 24.4 Å². The second-order valence-electron chi connectivity index (χ2n) is 5.96.